The highest BCUT2D eigenvalue weighted by molar-refractivity contribution is 5.92. The van der Waals surface area contributed by atoms with Crippen LogP contribution in [0.5, 0.6) is 11.5 Å². The number of aromatic nitrogens is 3. The molecule has 1 aromatic heterocycles. The zero-order valence-corrected chi connectivity index (χ0v) is 15.8. The van der Waals surface area contributed by atoms with Crippen molar-refractivity contribution in [3.8, 4) is 22.8 Å². The van der Waals surface area contributed by atoms with Crippen LogP contribution in [0.15, 0.2) is 60.8 Å². The van der Waals surface area contributed by atoms with E-state index in [0.29, 0.717) is 18.8 Å². The normalized spacial score (nSPS) is 17.9. The lowest BCUT2D eigenvalue weighted by Gasteiger charge is -2.14. The van der Waals surface area contributed by atoms with E-state index in [1.54, 1.807) is 12.2 Å². The van der Waals surface area contributed by atoms with Crippen LogP contribution in [0.3, 0.4) is 0 Å². The van der Waals surface area contributed by atoms with Crippen molar-refractivity contribution in [2.75, 3.05) is 19.9 Å². The van der Waals surface area contributed by atoms with Gasteiger partial charge < -0.3 is 14.4 Å². The fourth-order valence-electron chi connectivity index (χ4n) is 3.64. The van der Waals surface area contributed by atoms with Crippen LogP contribution in [0.4, 0.5) is 0 Å². The van der Waals surface area contributed by atoms with E-state index in [9.17, 15) is 4.79 Å². The van der Waals surface area contributed by atoms with Gasteiger partial charge in [-0.25, -0.2) is 4.68 Å². The van der Waals surface area contributed by atoms with Crippen LogP contribution in [-0.2, 0) is 4.79 Å². The number of carbonyl (C=O) groups is 1. The van der Waals surface area contributed by atoms with Gasteiger partial charge in [0.2, 0.25) is 12.7 Å². The Morgan fingerprint density at radius 2 is 1.97 bits per heavy atom. The maximum atomic E-state index is 12.6. The molecule has 2 aliphatic heterocycles. The van der Waals surface area contributed by atoms with Crippen LogP contribution in [-0.4, -0.2) is 45.7 Å². The highest BCUT2D eigenvalue weighted by atomic mass is 16.7. The first kappa shape index (κ1) is 17.5. The molecule has 0 saturated carbocycles. The van der Waals surface area contributed by atoms with Crippen LogP contribution >= 0.6 is 0 Å². The molecule has 1 unspecified atom stereocenters. The monoisotopic (exact) mass is 388 g/mol. The second-order valence-electron chi connectivity index (χ2n) is 7.12. The van der Waals surface area contributed by atoms with Crippen molar-refractivity contribution in [3.63, 3.8) is 0 Å². The summed E-state index contributed by atoms with van der Waals surface area (Å²) in [5.41, 5.74) is 2.79. The zero-order valence-electron chi connectivity index (χ0n) is 15.8. The summed E-state index contributed by atoms with van der Waals surface area (Å²) in [6.45, 7) is 1.57. The zero-order chi connectivity index (χ0) is 19.6. The third-order valence-corrected chi connectivity index (χ3v) is 5.24. The Kier molecular flexibility index (Phi) is 4.48. The van der Waals surface area contributed by atoms with E-state index < -0.39 is 0 Å². The van der Waals surface area contributed by atoms with Gasteiger partial charge in [-0.3, -0.25) is 4.79 Å². The van der Waals surface area contributed by atoms with Gasteiger partial charge >= 0.3 is 0 Å². The number of amides is 1. The van der Waals surface area contributed by atoms with E-state index in [1.165, 1.54) is 0 Å². The molecule has 0 N–H and O–H groups in total. The number of hydrogen-bond acceptors (Lipinski definition) is 5. The van der Waals surface area contributed by atoms with Gasteiger partial charge in [0.1, 0.15) is 5.69 Å². The van der Waals surface area contributed by atoms with E-state index in [-0.39, 0.29) is 18.7 Å². The van der Waals surface area contributed by atoms with Crippen molar-refractivity contribution in [1.29, 1.82) is 0 Å². The first-order chi connectivity index (χ1) is 14.3. The van der Waals surface area contributed by atoms with Crippen molar-refractivity contribution >= 4 is 12.0 Å². The van der Waals surface area contributed by atoms with Gasteiger partial charge in [0, 0.05) is 24.7 Å². The van der Waals surface area contributed by atoms with Crippen LogP contribution in [0.2, 0.25) is 0 Å². The third-order valence-electron chi connectivity index (χ3n) is 5.24. The van der Waals surface area contributed by atoms with E-state index >= 15 is 0 Å². The molecule has 1 amide bonds. The second kappa shape index (κ2) is 7.43. The number of ether oxygens (including phenoxy) is 2. The lowest BCUT2D eigenvalue weighted by molar-refractivity contribution is -0.125. The molecule has 5 rings (SSSR count). The number of rotatable bonds is 4. The van der Waals surface area contributed by atoms with E-state index in [1.807, 2.05) is 64.3 Å². The molecule has 3 heterocycles. The molecule has 0 aliphatic carbocycles. The first-order valence-corrected chi connectivity index (χ1v) is 9.60. The number of fused-ring (bicyclic) bond motifs is 1. The predicted molar refractivity (Wildman–Crippen MR) is 107 cm³/mol. The van der Waals surface area contributed by atoms with Gasteiger partial charge in [-0.1, -0.05) is 41.6 Å². The van der Waals surface area contributed by atoms with Crippen molar-refractivity contribution in [3.05, 3.63) is 66.4 Å². The maximum absolute atomic E-state index is 12.6. The summed E-state index contributed by atoms with van der Waals surface area (Å²) in [5, 5.41) is 8.56. The highest BCUT2D eigenvalue weighted by Crippen LogP contribution is 2.33. The molecule has 0 bridgehead atoms. The number of hydrogen-bond donors (Lipinski definition) is 0. The maximum Gasteiger partial charge on any atom is 0.246 e. The van der Waals surface area contributed by atoms with Crippen molar-refractivity contribution in [2.24, 2.45) is 0 Å². The quantitative estimate of drug-likeness (QED) is 0.642. The van der Waals surface area contributed by atoms with Crippen molar-refractivity contribution in [1.82, 2.24) is 19.9 Å². The summed E-state index contributed by atoms with van der Waals surface area (Å²) in [7, 11) is 0. The number of likely N-dealkylation sites (tertiary alicyclic amines) is 1. The van der Waals surface area contributed by atoms with Crippen molar-refractivity contribution in [2.45, 2.75) is 12.5 Å². The Bertz CT molecular complexity index is 1060. The van der Waals surface area contributed by atoms with Crippen LogP contribution in [0.1, 0.15) is 18.0 Å². The molecular formula is C22H20N4O3. The van der Waals surface area contributed by atoms with Crippen LogP contribution in [0.25, 0.3) is 17.3 Å². The molecule has 2 aliphatic rings. The number of nitrogens with zero attached hydrogens (tertiary/aromatic N) is 4. The lowest BCUT2D eigenvalue weighted by atomic mass is 10.2. The second-order valence-corrected chi connectivity index (χ2v) is 7.12. The van der Waals surface area contributed by atoms with E-state index in [4.69, 9.17) is 9.47 Å². The Morgan fingerprint density at radius 3 is 2.86 bits per heavy atom. The summed E-state index contributed by atoms with van der Waals surface area (Å²) in [6.07, 6.45) is 6.23. The summed E-state index contributed by atoms with van der Waals surface area (Å²) < 4.78 is 12.6. The van der Waals surface area contributed by atoms with Gasteiger partial charge in [0.25, 0.3) is 0 Å². The van der Waals surface area contributed by atoms with Gasteiger partial charge in [0.05, 0.1) is 12.2 Å². The molecule has 2 aromatic carbocycles. The number of carbonyl (C=O) groups excluding carboxylic acids is 1. The minimum atomic E-state index is -0.00596. The van der Waals surface area contributed by atoms with E-state index in [0.717, 1.165) is 29.0 Å². The molecule has 1 saturated heterocycles. The van der Waals surface area contributed by atoms with Crippen LogP contribution < -0.4 is 9.47 Å². The van der Waals surface area contributed by atoms with Gasteiger partial charge in [-0.15, -0.1) is 5.10 Å². The molecule has 1 atom stereocenters. The summed E-state index contributed by atoms with van der Waals surface area (Å²) in [6, 6.07) is 15.7. The smallest absolute Gasteiger partial charge is 0.246 e. The first-order valence-electron chi connectivity index (χ1n) is 9.60. The molecular weight excluding hydrogens is 368 g/mol. The Hall–Kier alpha value is -3.61. The molecule has 7 heteroatoms. The third kappa shape index (κ3) is 3.59. The molecule has 146 valence electrons. The minimum Gasteiger partial charge on any atom is -0.454 e. The number of benzene rings is 2. The SMILES string of the molecule is O=C(/C=C/c1ccc2c(c1)OCO2)N1CCC(n2cc(-c3ccccc3)nn2)C1. The Balaban J connectivity index is 1.23. The summed E-state index contributed by atoms with van der Waals surface area (Å²) >= 11 is 0. The summed E-state index contributed by atoms with van der Waals surface area (Å²) in [5.74, 6) is 1.44. The lowest BCUT2D eigenvalue weighted by Crippen LogP contribution is -2.27. The molecule has 29 heavy (non-hydrogen) atoms. The molecule has 1 fully saturated rings. The van der Waals surface area contributed by atoms with Gasteiger partial charge in [-0.05, 0) is 30.2 Å². The largest absolute Gasteiger partial charge is 0.454 e. The minimum absolute atomic E-state index is 0.00596. The van der Waals surface area contributed by atoms with Crippen molar-refractivity contribution < 1.29 is 14.3 Å². The molecule has 0 spiro atoms. The average Bonchev–Trinajstić information content (AvgIpc) is 3.52. The molecule has 3 aromatic rings. The van der Waals surface area contributed by atoms with Gasteiger partial charge in [0.15, 0.2) is 11.5 Å². The van der Waals surface area contributed by atoms with Gasteiger partial charge in [-0.2, -0.15) is 0 Å². The van der Waals surface area contributed by atoms with Crippen LogP contribution in [0, 0.1) is 0 Å². The standard InChI is InChI=1S/C22H20N4O3/c27-22(9-7-16-6-8-20-21(12-16)29-15-28-20)25-11-10-18(13-25)26-14-19(23-24-26)17-4-2-1-3-5-17/h1-9,12,14,18H,10-11,13,15H2/b9-7+. The Morgan fingerprint density at radius 1 is 1.10 bits per heavy atom. The predicted octanol–water partition coefficient (Wildman–Crippen LogP) is 3.16. The summed E-state index contributed by atoms with van der Waals surface area (Å²) in [4.78, 5) is 14.4. The fourth-order valence-corrected chi connectivity index (χ4v) is 3.64. The average molecular weight is 388 g/mol. The molecule has 0 radical (unpaired) electrons. The fraction of sp³-hybridized carbons (Fsp3) is 0.227. The molecule has 7 nitrogen and oxygen atoms in total. The highest BCUT2D eigenvalue weighted by Gasteiger charge is 2.27. The Labute approximate surface area is 168 Å². The topological polar surface area (TPSA) is 69.5 Å². The van der Waals surface area contributed by atoms with E-state index in [2.05, 4.69) is 10.3 Å².